The molecule has 0 saturated carbocycles. The van der Waals surface area contributed by atoms with Crippen LogP contribution in [0.15, 0.2) is 24.9 Å². The summed E-state index contributed by atoms with van der Waals surface area (Å²) in [6.45, 7) is 0. The molecule has 3 aromatic rings. The van der Waals surface area contributed by atoms with Gasteiger partial charge in [0.2, 0.25) is 0 Å². The molecule has 0 radical (unpaired) electrons. The quantitative estimate of drug-likeness (QED) is 0.629. The maximum Gasteiger partial charge on any atom is 0.181 e. The Morgan fingerprint density at radius 2 is 2.20 bits per heavy atom. The number of imidazole rings is 1. The Bertz CT molecular complexity index is 608. The molecule has 0 amide bonds. The standard InChI is InChI=1S/C9H8N6/c1-15-4-6(2-13-15)8-10-3-7-9(14-8)12-5-11-7/h2-5H,1H3,(H,10,11,12,14). The summed E-state index contributed by atoms with van der Waals surface area (Å²) in [4.78, 5) is 15.6. The Balaban J connectivity index is 2.18. The van der Waals surface area contributed by atoms with E-state index in [1.54, 1.807) is 23.4 Å². The van der Waals surface area contributed by atoms with Crippen LogP contribution >= 0.6 is 0 Å². The summed E-state index contributed by atoms with van der Waals surface area (Å²) in [7, 11) is 1.86. The molecule has 74 valence electrons. The number of nitrogens with zero attached hydrogens (tertiary/aromatic N) is 5. The van der Waals surface area contributed by atoms with Crippen molar-refractivity contribution in [1.29, 1.82) is 0 Å². The predicted octanol–water partition coefficient (Wildman–Crippen LogP) is 0.753. The second-order valence-corrected chi connectivity index (χ2v) is 3.24. The number of hydrogen-bond donors (Lipinski definition) is 1. The highest BCUT2D eigenvalue weighted by Crippen LogP contribution is 2.14. The molecule has 3 heterocycles. The van der Waals surface area contributed by atoms with Crippen molar-refractivity contribution in [3.05, 3.63) is 24.9 Å². The molecular formula is C9H8N6. The van der Waals surface area contributed by atoms with Gasteiger partial charge in [0.05, 0.1) is 24.3 Å². The first-order chi connectivity index (χ1) is 7.33. The van der Waals surface area contributed by atoms with Gasteiger partial charge in [0, 0.05) is 13.2 Å². The zero-order valence-corrected chi connectivity index (χ0v) is 8.05. The highest BCUT2D eigenvalue weighted by molar-refractivity contribution is 5.71. The molecule has 0 aliphatic heterocycles. The molecular weight excluding hydrogens is 192 g/mol. The van der Waals surface area contributed by atoms with E-state index in [9.17, 15) is 0 Å². The molecule has 0 atom stereocenters. The van der Waals surface area contributed by atoms with E-state index in [1.165, 1.54) is 0 Å². The van der Waals surface area contributed by atoms with Crippen LogP contribution in [0.4, 0.5) is 0 Å². The molecule has 0 aliphatic carbocycles. The number of aryl methyl sites for hydroxylation is 1. The lowest BCUT2D eigenvalue weighted by molar-refractivity contribution is 0.768. The lowest BCUT2D eigenvalue weighted by atomic mass is 10.3. The van der Waals surface area contributed by atoms with Crippen LogP contribution < -0.4 is 0 Å². The monoisotopic (exact) mass is 200 g/mol. The maximum atomic E-state index is 4.31. The summed E-state index contributed by atoms with van der Waals surface area (Å²) in [5.41, 5.74) is 2.40. The van der Waals surface area contributed by atoms with E-state index in [-0.39, 0.29) is 0 Å². The highest BCUT2D eigenvalue weighted by Gasteiger charge is 2.05. The van der Waals surface area contributed by atoms with Crippen LogP contribution in [-0.4, -0.2) is 29.7 Å². The van der Waals surface area contributed by atoms with Gasteiger partial charge in [0.25, 0.3) is 0 Å². The molecule has 0 aromatic carbocycles. The molecule has 6 nitrogen and oxygen atoms in total. The van der Waals surface area contributed by atoms with Gasteiger partial charge in [-0.15, -0.1) is 0 Å². The maximum absolute atomic E-state index is 4.31. The number of fused-ring (bicyclic) bond motifs is 1. The molecule has 15 heavy (non-hydrogen) atoms. The molecule has 0 aliphatic rings. The van der Waals surface area contributed by atoms with Crippen molar-refractivity contribution < 1.29 is 0 Å². The van der Waals surface area contributed by atoms with Crippen molar-refractivity contribution in [3.63, 3.8) is 0 Å². The zero-order chi connectivity index (χ0) is 10.3. The first-order valence-electron chi connectivity index (χ1n) is 4.48. The first kappa shape index (κ1) is 8.10. The number of rotatable bonds is 1. The normalized spacial score (nSPS) is 11.0. The minimum Gasteiger partial charge on any atom is -0.342 e. The van der Waals surface area contributed by atoms with E-state index in [2.05, 4.69) is 25.0 Å². The molecule has 0 spiro atoms. The van der Waals surface area contributed by atoms with Gasteiger partial charge < -0.3 is 4.98 Å². The average Bonchev–Trinajstić information content (AvgIpc) is 2.84. The van der Waals surface area contributed by atoms with E-state index < -0.39 is 0 Å². The summed E-state index contributed by atoms with van der Waals surface area (Å²) in [5, 5.41) is 4.07. The van der Waals surface area contributed by atoms with Gasteiger partial charge in [-0.25, -0.2) is 15.0 Å². The fourth-order valence-electron chi connectivity index (χ4n) is 1.41. The third kappa shape index (κ3) is 1.26. The third-order valence-electron chi connectivity index (χ3n) is 2.14. The molecule has 3 aromatic heterocycles. The Hall–Kier alpha value is -2.24. The van der Waals surface area contributed by atoms with Gasteiger partial charge in [-0.2, -0.15) is 5.10 Å². The van der Waals surface area contributed by atoms with Crippen molar-refractivity contribution in [1.82, 2.24) is 29.7 Å². The van der Waals surface area contributed by atoms with Crippen molar-refractivity contribution in [2.75, 3.05) is 0 Å². The van der Waals surface area contributed by atoms with E-state index in [4.69, 9.17) is 0 Å². The molecule has 0 fully saturated rings. The van der Waals surface area contributed by atoms with Gasteiger partial charge in [0.1, 0.15) is 5.52 Å². The Labute approximate surface area is 85.0 Å². The van der Waals surface area contributed by atoms with E-state index >= 15 is 0 Å². The van der Waals surface area contributed by atoms with Crippen LogP contribution in [0.1, 0.15) is 0 Å². The topological polar surface area (TPSA) is 72.3 Å². The number of aromatic amines is 1. The Morgan fingerprint density at radius 1 is 1.27 bits per heavy atom. The van der Waals surface area contributed by atoms with Gasteiger partial charge in [-0.05, 0) is 0 Å². The molecule has 1 N–H and O–H groups in total. The van der Waals surface area contributed by atoms with Crippen LogP contribution in [0.3, 0.4) is 0 Å². The predicted molar refractivity (Wildman–Crippen MR) is 53.9 cm³/mol. The number of H-pyrrole nitrogens is 1. The molecule has 3 rings (SSSR count). The molecule has 6 heteroatoms. The lowest BCUT2D eigenvalue weighted by Crippen LogP contribution is -1.88. The lowest BCUT2D eigenvalue weighted by Gasteiger charge is -1.93. The van der Waals surface area contributed by atoms with Crippen LogP contribution in [-0.2, 0) is 7.05 Å². The van der Waals surface area contributed by atoms with Crippen molar-refractivity contribution in [3.8, 4) is 11.4 Å². The Morgan fingerprint density at radius 3 is 3.00 bits per heavy atom. The van der Waals surface area contributed by atoms with E-state index in [0.29, 0.717) is 11.5 Å². The fourth-order valence-corrected chi connectivity index (χ4v) is 1.41. The summed E-state index contributed by atoms with van der Waals surface area (Å²) >= 11 is 0. The Kier molecular flexibility index (Phi) is 1.55. The van der Waals surface area contributed by atoms with E-state index in [0.717, 1.165) is 11.1 Å². The van der Waals surface area contributed by atoms with Gasteiger partial charge in [-0.1, -0.05) is 0 Å². The average molecular weight is 200 g/mol. The number of aromatic nitrogens is 6. The summed E-state index contributed by atoms with van der Waals surface area (Å²) in [6, 6.07) is 0. The van der Waals surface area contributed by atoms with Gasteiger partial charge >= 0.3 is 0 Å². The van der Waals surface area contributed by atoms with E-state index in [1.807, 2.05) is 13.2 Å². The molecule has 0 bridgehead atoms. The minimum absolute atomic E-state index is 0.641. The molecule has 0 unspecified atom stereocenters. The molecule has 0 saturated heterocycles. The van der Waals surface area contributed by atoms with Crippen LogP contribution in [0.5, 0.6) is 0 Å². The van der Waals surface area contributed by atoms with Gasteiger partial charge in [0.15, 0.2) is 11.5 Å². The van der Waals surface area contributed by atoms with Crippen molar-refractivity contribution in [2.45, 2.75) is 0 Å². The largest absolute Gasteiger partial charge is 0.342 e. The number of nitrogens with one attached hydrogen (secondary N) is 1. The zero-order valence-electron chi connectivity index (χ0n) is 8.05. The summed E-state index contributed by atoms with van der Waals surface area (Å²) < 4.78 is 1.72. The fraction of sp³-hybridized carbons (Fsp3) is 0.111. The SMILES string of the molecule is Cn1cc(-c2ncc3[nH]cnc3n2)cn1. The van der Waals surface area contributed by atoms with Crippen LogP contribution in [0, 0.1) is 0 Å². The second-order valence-electron chi connectivity index (χ2n) is 3.24. The summed E-state index contributed by atoms with van der Waals surface area (Å²) in [6.07, 6.45) is 6.92. The van der Waals surface area contributed by atoms with Crippen LogP contribution in [0.25, 0.3) is 22.6 Å². The summed E-state index contributed by atoms with van der Waals surface area (Å²) in [5.74, 6) is 0.641. The first-order valence-corrected chi connectivity index (χ1v) is 4.48. The minimum atomic E-state index is 0.641. The van der Waals surface area contributed by atoms with Crippen LogP contribution in [0.2, 0.25) is 0 Å². The smallest absolute Gasteiger partial charge is 0.181 e. The second kappa shape index (κ2) is 2.88. The third-order valence-corrected chi connectivity index (χ3v) is 2.14. The highest BCUT2D eigenvalue weighted by atomic mass is 15.2. The van der Waals surface area contributed by atoms with Crippen molar-refractivity contribution >= 4 is 11.2 Å². The van der Waals surface area contributed by atoms with Crippen molar-refractivity contribution in [2.24, 2.45) is 7.05 Å². The van der Waals surface area contributed by atoms with Gasteiger partial charge in [-0.3, -0.25) is 4.68 Å². The number of hydrogen-bond acceptors (Lipinski definition) is 4.